The van der Waals surface area contributed by atoms with Crippen LogP contribution in [0.3, 0.4) is 0 Å². The molecule has 0 bridgehead atoms. The first-order valence-corrected chi connectivity index (χ1v) is 7.55. The average molecular weight is 320 g/mol. The fourth-order valence-electron chi connectivity index (χ4n) is 1.96. The zero-order valence-corrected chi connectivity index (χ0v) is 11.8. The highest BCUT2D eigenvalue weighted by Gasteiger charge is 2.25. The number of aldehydes is 1. The van der Waals surface area contributed by atoms with Crippen LogP contribution in [0.2, 0.25) is 0 Å². The first-order valence-electron chi connectivity index (χ1n) is 6.11. The van der Waals surface area contributed by atoms with E-state index in [1.165, 1.54) is 30.5 Å². The topological polar surface area (TPSA) is 82.2 Å². The van der Waals surface area contributed by atoms with Crippen molar-refractivity contribution in [2.24, 2.45) is 0 Å². The lowest BCUT2D eigenvalue weighted by Crippen LogP contribution is -2.13. The first-order chi connectivity index (χ1) is 10.5. The molecule has 2 aromatic heterocycles. The number of rotatable bonds is 4. The molecule has 0 amide bonds. The lowest BCUT2D eigenvalue weighted by molar-refractivity contribution is 0.111. The zero-order chi connectivity index (χ0) is 15.7. The van der Waals surface area contributed by atoms with Gasteiger partial charge < -0.3 is 4.42 Å². The molecule has 3 aromatic rings. The van der Waals surface area contributed by atoms with E-state index in [1.807, 2.05) is 0 Å². The number of halogens is 1. The Balaban J connectivity index is 2.28. The number of imidazole rings is 1. The molecular formula is C14H9FN2O4S. The van der Waals surface area contributed by atoms with Gasteiger partial charge in [-0.05, 0) is 18.2 Å². The Kier molecular flexibility index (Phi) is 3.38. The predicted octanol–water partition coefficient (Wildman–Crippen LogP) is 2.33. The fourth-order valence-corrected chi connectivity index (χ4v) is 3.20. The third kappa shape index (κ3) is 2.23. The van der Waals surface area contributed by atoms with Crippen molar-refractivity contribution in [1.29, 1.82) is 0 Å². The smallest absolute Gasteiger partial charge is 0.272 e. The zero-order valence-electron chi connectivity index (χ0n) is 11.0. The second-order valence-electron chi connectivity index (χ2n) is 4.35. The Bertz CT molecular complexity index is 930. The van der Waals surface area contributed by atoms with Gasteiger partial charge in [0.1, 0.15) is 22.7 Å². The van der Waals surface area contributed by atoms with Crippen LogP contribution in [-0.4, -0.2) is 23.7 Å². The average Bonchev–Trinajstić information content (AvgIpc) is 3.18. The molecule has 1 aromatic carbocycles. The maximum Gasteiger partial charge on any atom is 0.272 e. The summed E-state index contributed by atoms with van der Waals surface area (Å²) in [5.41, 5.74) is -0.145. The molecule has 3 rings (SSSR count). The molecule has 2 heterocycles. The molecule has 0 saturated heterocycles. The molecule has 0 radical (unpaired) electrons. The summed E-state index contributed by atoms with van der Waals surface area (Å²) >= 11 is 0. The number of hydrogen-bond donors (Lipinski definition) is 0. The van der Waals surface area contributed by atoms with Gasteiger partial charge in [0.2, 0.25) is 0 Å². The van der Waals surface area contributed by atoms with Gasteiger partial charge in [-0.25, -0.2) is 21.8 Å². The van der Waals surface area contributed by atoms with Gasteiger partial charge in [0.15, 0.2) is 12.1 Å². The van der Waals surface area contributed by atoms with E-state index in [-0.39, 0.29) is 22.0 Å². The molecule has 0 unspecified atom stereocenters. The van der Waals surface area contributed by atoms with Crippen LogP contribution in [0.25, 0.3) is 11.4 Å². The first kappa shape index (κ1) is 14.2. The van der Waals surface area contributed by atoms with E-state index in [0.29, 0.717) is 6.29 Å². The summed E-state index contributed by atoms with van der Waals surface area (Å²) in [6.07, 6.45) is 3.68. The van der Waals surface area contributed by atoms with E-state index in [9.17, 15) is 17.6 Å². The van der Waals surface area contributed by atoms with Crippen molar-refractivity contribution in [3.63, 3.8) is 0 Å². The van der Waals surface area contributed by atoms with Gasteiger partial charge in [-0.15, -0.1) is 0 Å². The molecule has 0 N–H and O–H groups in total. The lowest BCUT2D eigenvalue weighted by atomic mass is 10.2. The Labute approximate surface area is 124 Å². The number of furan rings is 1. The van der Waals surface area contributed by atoms with E-state index in [0.717, 1.165) is 16.4 Å². The second-order valence-corrected chi connectivity index (χ2v) is 6.16. The summed E-state index contributed by atoms with van der Waals surface area (Å²) in [5.74, 6) is -0.824. The van der Waals surface area contributed by atoms with Crippen LogP contribution in [0.1, 0.15) is 10.5 Å². The molecule has 0 aliphatic carbocycles. The molecule has 0 atom stereocenters. The van der Waals surface area contributed by atoms with Gasteiger partial charge in [-0.1, -0.05) is 12.1 Å². The summed E-state index contributed by atoms with van der Waals surface area (Å²) < 4.78 is 44.6. The van der Waals surface area contributed by atoms with Crippen molar-refractivity contribution in [2.45, 2.75) is 4.90 Å². The summed E-state index contributed by atoms with van der Waals surface area (Å²) in [6, 6.07) is 6.83. The van der Waals surface area contributed by atoms with Gasteiger partial charge in [-0.3, -0.25) is 4.79 Å². The Morgan fingerprint density at radius 1 is 1.23 bits per heavy atom. The van der Waals surface area contributed by atoms with Crippen molar-refractivity contribution in [1.82, 2.24) is 8.96 Å². The van der Waals surface area contributed by atoms with Crippen molar-refractivity contribution < 1.29 is 22.0 Å². The third-order valence-corrected chi connectivity index (χ3v) is 4.60. The minimum absolute atomic E-state index is 0.0253. The second kappa shape index (κ2) is 5.23. The number of nitrogens with zero attached hydrogens (tertiary/aromatic N) is 2. The number of hydrogen-bond acceptors (Lipinski definition) is 5. The minimum atomic E-state index is -4.05. The molecule has 112 valence electrons. The van der Waals surface area contributed by atoms with Crippen LogP contribution in [0.4, 0.5) is 4.39 Å². The summed E-state index contributed by atoms with van der Waals surface area (Å²) in [4.78, 5) is 14.7. The van der Waals surface area contributed by atoms with E-state index in [1.54, 1.807) is 6.07 Å². The lowest BCUT2D eigenvalue weighted by Gasteiger charge is -2.08. The van der Waals surface area contributed by atoms with E-state index in [2.05, 4.69) is 4.98 Å². The Morgan fingerprint density at radius 2 is 2.00 bits per heavy atom. The standard InChI is InChI=1S/C14H9FN2O4S/c15-13-4-2-1-3-12(13)14-16-10(8-18)7-17(14)22(19,20)11-5-6-21-9-11/h1-9H. The van der Waals surface area contributed by atoms with Crippen LogP contribution in [0, 0.1) is 5.82 Å². The maximum atomic E-state index is 13.9. The fraction of sp³-hybridized carbons (Fsp3) is 0. The number of carbonyl (C=O) groups excluding carboxylic acids is 1. The monoisotopic (exact) mass is 320 g/mol. The molecule has 8 heteroatoms. The molecule has 6 nitrogen and oxygen atoms in total. The predicted molar refractivity (Wildman–Crippen MR) is 74.3 cm³/mol. The summed E-state index contributed by atoms with van der Waals surface area (Å²) in [5, 5.41) is 0. The van der Waals surface area contributed by atoms with Gasteiger partial charge in [0, 0.05) is 0 Å². The van der Waals surface area contributed by atoms with Crippen LogP contribution in [0.15, 0.2) is 58.4 Å². The quantitative estimate of drug-likeness (QED) is 0.689. The number of carbonyl (C=O) groups is 1. The molecule has 0 aliphatic heterocycles. The summed E-state index contributed by atoms with van der Waals surface area (Å²) in [7, 11) is -4.05. The Morgan fingerprint density at radius 3 is 2.64 bits per heavy atom. The van der Waals surface area contributed by atoms with Crippen LogP contribution in [-0.2, 0) is 10.0 Å². The molecule has 0 aliphatic rings. The van der Waals surface area contributed by atoms with Gasteiger partial charge in [0.25, 0.3) is 10.0 Å². The maximum absolute atomic E-state index is 13.9. The SMILES string of the molecule is O=Cc1cn(S(=O)(=O)c2ccoc2)c(-c2ccccc2F)n1. The van der Waals surface area contributed by atoms with Crippen molar-refractivity contribution in [3.8, 4) is 11.4 Å². The van der Waals surface area contributed by atoms with Gasteiger partial charge in [-0.2, -0.15) is 0 Å². The number of benzene rings is 1. The molecular weight excluding hydrogens is 311 g/mol. The van der Waals surface area contributed by atoms with E-state index in [4.69, 9.17) is 4.42 Å². The largest absolute Gasteiger partial charge is 0.471 e. The van der Waals surface area contributed by atoms with Crippen molar-refractivity contribution in [2.75, 3.05) is 0 Å². The van der Waals surface area contributed by atoms with E-state index < -0.39 is 15.8 Å². The van der Waals surface area contributed by atoms with E-state index >= 15 is 0 Å². The van der Waals surface area contributed by atoms with Gasteiger partial charge in [0.05, 0.1) is 18.0 Å². The third-order valence-electron chi connectivity index (χ3n) is 2.98. The van der Waals surface area contributed by atoms with Crippen molar-refractivity contribution in [3.05, 3.63) is 60.6 Å². The highest BCUT2D eigenvalue weighted by Crippen LogP contribution is 2.26. The minimum Gasteiger partial charge on any atom is -0.471 e. The van der Waals surface area contributed by atoms with Gasteiger partial charge >= 0.3 is 0 Å². The van der Waals surface area contributed by atoms with Crippen LogP contribution in [0.5, 0.6) is 0 Å². The highest BCUT2D eigenvalue weighted by atomic mass is 32.2. The number of aromatic nitrogens is 2. The van der Waals surface area contributed by atoms with Crippen LogP contribution < -0.4 is 0 Å². The van der Waals surface area contributed by atoms with Crippen LogP contribution >= 0.6 is 0 Å². The molecule has 0 fully saturated rings. The van der Waals surface area contributed by atoms with Crippen molar-refractivity contribution >= 4 is 16.3 Å². The molecule has 22 heavy (non-hydrogen) atoms. The summed E-state index contributed by atoms with van der Waals surface area (Å²) in [6.45, 7) is 0. The highest BCUT2D eigenvalue weighted by molar-refractivity contribution is 7.90. The normalized spacial score (nSPS) is 11.5. The molecule has 0 saturated carbocycles. The Hall–Kier alpha value is -2.74. The molecule has 0 spiro atoms.